The summed E-state index contributed by atoms with van der Waals surface area (Å²) >= 11 is 6.73. The predicted octanol–water partition coefficient (Wildman–Crippen LogP) is 5.23. The minimum Gasteiger partial charge on any atom is -0.476 e. The van der Waals surface area contributed by atoms with Crippen molar-refractivity contribution >= 4 is 46.6 Å². The third kappa shape index (κ3) is 4.76. The van der Waals surface area contributed by atoms with Crippen molar-refractivity contribution in [1.29, 1.82) is 0 Å². The van der Waals surface area contributed by atoms with Gasteiger partial charge >= 0.3 is 5.97 Å². The van der Waals surface area contributed by atoms with Crippen molar-refractivity contribution in [2.75, 3.05) is 24.0 Å². The van der Waals surface area contributed by atoms with E-state index >= 15 is 0 Å². The van der Waals surface area contributed by atoms with Crippen LogP contribution in [0.2, 0.25) is 0 Å². The van der Waals surface area contributed by atoms with Crippen LogP contribution in [-0.2, 0) is 9.59 Å². The second-order valence-corrected chi connectivity index (χ2v) is 8.49. The molecule has 0 unspecified atom stereocenters. The zero-order valence-electron chi connectivity index (χ0n) is 18.5. The van der Waals surface area contributed by atoms with Gasteiger partial charge in [-0.1, -0.05) is 48.0 Å². The van der Waals surface area contributed by atoms with Gasteiger partial charge in [0.2, 0.25) is 0 Å². The summed E-state index contributed by atoms with van der Waals surface area (Å²) < 4.78 is 0. The van der Waals surface area contributed by atoms with Crippen molar-refractivity contribution in [2.24, 2.45) is 5.10 Å². The molecule has 0 fully saturated rings. The van der Waals surface area contributed by atoms with E-state index in [-0.39, 0.29) is 11.3 Å². The molecular weight excluding hydrogens is 438 g/mol. The first-order chi connectivity index (χ1) is 15.8. The van der Waals surface area contributed by atoms with Crippen molar-refractivity contribution in [3.8, 4) is 0 Å². The molecule has 7 heteroatoms. The fourth-order valence-corrected chi connectivity index (χ4v) is 4.16. The number of halogens is 1. The lowest BCUT2D eigenvalue weighted by molar-refractivity contribution is -0.129. The molecule has 2 aromatic carbocycles. The summed E-state index contributed by atoms with van der Waals surface area (Å²) in [5.74, 6) is -1.73. The molecule has 4 rings (SSSR count). The van der Waals surface area contributed by atoms with E-state index < -0.39 is 11.9 Å². The lowest BCUT2D eigenvalue weighted by Gasteiger charge is -2.18. The van der Waals surface area contributed by atoms with E-state index in [1.807, 2.05) is 55.4 Å². The van der Waals surface area contributed by atoms with Crippen LogP contribution in [0.4, 0.5) is 11.4 Å². The first-order valence-electron chi connectivity index (χ1n) is 10.7. The quantitative estimate of drug-likeness (QED) is 0.619. The lowest BCUT2D eigenvalue weighted by atomic mass is 9.91. The number of hydrogen-bond donors (Lipinski definition) is 1. The molecule has 1 aliphatic carbocycles. The van der Waals surface area contributed by atoms with Crippen LogP contribution in [0.25, 0.3) is 6.08 Å². The minimum absolute atomic E-state index is 0.0380. The fourth-order valence-electron chi connectivity index (χ4n) is 3.86. The van der Waals surface area contributed by atoms with E-state index in [0.29, 0.717) is 17.1 Å². The third-order valence-corrected chi connectivity index (χ3v) is 6.09. The summed E-state index contributed by atoms with van der Waals surface area (Å²) in [6.07, 6.45) is 5.95. The Balaban J connectivity index is 1.68. The molecule has 0 saturated heterocycles. The van der Waals surface area contributed by atoms with Gasteiger partial charge in [-0.2, -0.15) is 10.1 Å². The smallest absolute Gasteiger partial charge is 0.357 e. The number of carboxylic acid groups (broad SMARTS) is 1. The van der Waals surface area contributed by atoms with Crippen LogP contribution >= 0.6 is 11.6 Å². The van der Waals surface area contributed by atoms with E-state index in [4.69, 9.17) is 11.6 Å². The molecule has 0 spiro atoms. The highest BCUT2D eigenvalue weighted by molar-refractivity contribution is 6.52. The number of carboxylic acids is 1. The summed E-state index contributed by atoms with van der Waals surface area (Å²) in [6.45, 7) is 0. The normalized spacial score (nSPS) is 18.8. The molecule has 6 nitrogen and oxygen atoms in total. The Labute approximate surface area is 197 Å². The maximum atomic E-state index is 13.1. The number of hydrogen-bond acceptors (Lipinski definition) is 4. The average Bonchev–Trinajstić information content (AvgIpc) is 3.14. The van der Waals surface area contributed by atoms with E-state index in [1.54, 1.807) is 30.3 Å². The number of carbonyl (C=O) groups is 2. The number of nitrogens with zero attached hydrogens (tertiary/aromatic N) is 3. The Hall–Kier alpha value is -3.64. The van der Waals surface area contributed by atoms with Gasteiger partial charge < -0.3 is 10.0 Å². The van der Waals surface area contributed by atoms with Crippen LogP contribution in [0, 0.1) is 0 Å². The molecular formula is C26H24ClN3O3. The standard InChI is InChI=1S/C26H24ClN3O3/c1-29(2)20-13-11-17(12-14-20)15-18-7-6-8-19(23(18)27)16-22-24(26(32)33)28-30(25(22)31)21-9-4-3-5-10-21/h3-5,9-16H,6-8H2,1-2H3,(H,32,33). The van der Waals surface area contributed by atoms with Crippen molar-refractivity contribution in [1.82, 2.24) is 0 Å². The average molecular weight is 462 g/mol. The summed E-state index contributed by atoms with van der Waals surface area (Å²) in [5, 5.41) is 15.4. The molecule has 1 N–H and O–H groups in total. The number of amides is 1. The first kappa shape index (κ1) is 22.6. The second-order valence-electron chi connectivity index (χ2n) is 8.11. The largest absolute Gasteiger partial charge is 0.476 e. The Morgan fingerprint density at radius 1 is 1.06 bits per heavy atom. The Morgan fingerprint density at radius 3 is 2.39 bits per heavy atom. The zero-order chi connectivity index (χ0) is 23.5. The highest BCUT2D eigenvalue weighted by atomic mass is 35.5. The maximum Gasteiger partial charge on any atom is 0.357 e. The topological polar surface area (TPSA) is 73.2 Å². The molecule has 1 aliphatic heterocycles. The van der Waals surface area contributed by atoms with Crippen molar-refractivity contribution in [3.63, 3.8) is 0 Å². The van der Waals surface area contributed by atoms with Gasteiger partial charge in [0.15, 0.2) is 5.71 Å². The molecule has 0 bridgehead atoms. The lowest BCUT2D eigenvalue weighted by Crippen LogP contribution is -2.22. The van der Waals surface area contributed by atoms with Crippen molar-refractivity contribution in [2.45, 2.75) is 19.3 Å². The van der Waals surface area contributed by atoms with E-state index in [2.05, 4.69) is 5.10 Å². The third-order valence-electron chi connectivity index (χ3n) is 5.61. The number of hydrazone groups is 1. The van der Waals surface area contributed by atoms with Crippen LogP contribution in [0.5, 0.6) is 0 Å². The predicted molar refractivity (Wildman–Crippen MR) is 133 cm³/mol. The van der Waals surface area contributed by atoms with Gasteiger partial charge in [0.05, 0.1) is 11.3 Å². The molecule has 0 saturated carbocycles. The van der Waals surface area contributed by atoms with Gasteiger partial charge in [-0.3, -0.25) is 4.79 Å². The number of carbonyl (C=O) groups excluding carboxylic acids is 1. The number of rotatable bonds is 5. The Bertz CT molecular complexity index is 1210. The van der Waals surface area contributed by atoms with Crippen LogP contribution in [0.1, 0.15) is 24.8 Å². The van der Waals surface area contributed by atoms with Crippen LogP contribution in [-0.4, -0.2) is 36.8 Å². The molecule has 2 aromatic rings. The summed E-state index contributed by atoms with van der Waals surface area (Å²) in [6, 6.07) is 16.9. The molecule has 2 aliphatic rings. The Morgan fingerprint density at radius 2 is 1.76 bits per heavy atom. The van der Waals surface area contributed by atoms with Gasteiger partial charge in [-0.15, -0.1) is 0 Å². The van der Waals surface area contributed by atoms with E-state index in [0.717, 1.165) is 40.2 Å². The van der Waals surface area contributed by atoms with Gasteiger partial charge in [0.25, 0.3) is 5.91 Å². The molecule has 168 valence electrons. The van der Waals surface area contributed by atoms with Crippen LogP contribution < -0.4 is 9.91 Å². The maximum absolute atomic E-state index is 13.1. The van der Waals surface area contributed by atoms with Gasteiger partial charge in [0.1, 0.15) is 0 Å². The summed E-state index contributed by atoms with van der Waals surface area (Å²) in [5.41, 5.74) is 4.11. The van der Waals surface area contributed by atoms with Crippen LogP contribution in [0.15, 0.2) is 87.5 Å². The van der Waals surface area contributed by atoms with Gasteiger partial charge in [0, 0.05) is 24.8 Å². The van der Waals surface area contributed by atoms with E-state index in [1.165, 1.54) is 0 Å². The number of allylic oxidation sites excluding steroid dienone is 4. The summed E-state index contributed by atoms with van der Waals surface area (Å²) in [4.78, 5) is 26.9. The molecule has 0 atom stereocenters. The van der Waals surface area contributed by atoms with Crippen molar-refractivity contribution in [3.05, 3.63) is 88.0 Å². The fraction of sp³-hybridized carbons (Fsp3) is 0.192. The first-order valence-corrected chi connectivity index (χ1v) is 11.0. The number of anilines is 2. The molecule has 1 heterocycles. The number of aliphatic carboxylic acids is 1. The summed E-state index contributed by atoms with van der Waals surface area (Å²) in [7, 11) is 3.98. The number of benzene rings is 2. The van der Waals surface area contributed by atoms with Gasteiger partial charge in [-0.05, 0) is 66.3 Å². The molecule has 0 aromatic heterocycles. The monoisotopic (exact) mass is 461 g/mol. The molecule has 33 heavy (non-hydrogen) atoms. The van der Waals surface area contributed by atoms with Crippen LogP contribution in [0.3, 0.4) is 0 Å². The SMILES string of the molecule is CN(C)c1ccc(C=C2CCCC(C=C3C(=O)N(c4ccccc4)N=C3C(=O)O)=C2Cl)cc1. The minimum atomic E-state index is -1.25. The highest BCUT2D eigenvalue weighted by Gasteiger charge is 2.35. The molecule has 0 radical (unpaired) electrons. The number of para-hydroxylation sites is 1. The molecule has 1 amide bonds. The zero-order valence-corrected chi connectivity index (χ0v) is 19.2. The van der Waals surface area contributed by atoms with Crippen molar-refractivity contribution < 1.29 is 14.7 Å². The van der Waals surface area contributed by atoms with E-state index in [9.17, 15) is 14.7 Å². The Kier molecular flexibility index (Phi) is 6.47. The highest BCUT2D eigenvalue weighted by Crippen LogP contribution is 2.36. The van der Waals surface area contributed by atoms with Gasteiger partial charge in [-0.25, -0.2) is 4.79 Å². The second kappa shape index (κ2) is 9.46.